The molecule has 0 fully saturated rings. The number of hydrogen-bond acceptors (Lipinski definition) is 5. The van der Waals surface area contributed by atoms with E-state index in [2.05, 4.69) is 15.2 Å². The topological polar surface area (TPSA) is 81.3 Å². The van der Waals surface area contributed by atoms with Crippen molar-refractivity contribution < 1.29 is 14.2 Å². The first-order valence-electron chi connectivity index (χ1n) is 9.21. The summed E-state index contributed by atoms with van der Waals surface area (Å²) in [5.41, 5.74) is 7.84. The molecule has 0 saturated heterocycles. The van der Waals surface area contributed by atoms with Crippen LogP contribution in [0.25, 0.3) is 0 Å². The van der Waals surface area contributed by atoms with Gasteiger partial charge in [-0.25, -0.2) is 4.99 Å². The number of methoxy groups -OCH3 is 2. The minimum atomic E-state index is 0.347. The normalized spacial score (nSPS) is 11.5. The van der Waals surface area contributed by atoms with Gasteiger partial charge in [0.2, 0.25) is 0 Å². The van der Waals surface area contributed by atoms with E-state index in [9.17, 15) is 0 Å². The Hall–Kier alpha value is -2.77. The van der Waals surface area contributed by atoms with Gasteiger partial charge in [-0.2, -0.15) is 0 Å². The smallest absolute Gasteiger partial charge is 0.193 e. The maximum atomic E-state index is 5.99. The fourth-order valence-corrected chi connectivity index (χ4v) is 2.48. The van der Waals surface area contributed by atoms with E-state index in [0.29, 0.717) is 19.1 Å². The minimum Gasteiger partial charge on any atom is -0.497 e. The first kappa shape index (κ1) is 21.5. The lowest BCUT2D eigenvalue weighted by Crippen LogP contribution is -2.27. The Bertz CT molecular complexity index is 752. The summed E-state index contributed by atoms with van der Waals surface area (Å²) in [5, 5.41) is 3.07. The molecule has 2 rings (SSSR count). The van der Waals surface area contributed by atoms with Gasteiger partial charge >= 0.3 is 0 Å². The molecular weight excluding hydrogens is 356 g/mol. The number of rotatable bonds is 11. The predicted octanol–water partition coefficient (Wildman–Crippen LogP) is 2.58. The summed E-state index contributed by atoms with van der Waals surface area (Å²) in [4.78, 5) is 6.56. The zero-order chi connectivity index (χ0) is 20.2. The van der Waals surface area contributed by atoms with E-state index >= 15 is 0 Å². The number of nitrogens with one attached hydrogen (secondary N) is 1. The Kier molecular flexibility index (Phi) is 9.10. The molecule has 2 aromatic rings. The van der Waals surface area contributed by atoms with Gasteiger partial charge in [0, 0.05) is 32.0 Å². The highest BCUT2D eigenvalue weighted by Crippen LogP contribution is 2.17. The van der Waals surface area contributed by atoms with Gasteiger partial charge in [-0.05, 0) is 36.9 Å². The summed E-state index contributed by atoms with van der Waals surface area (Å²) in [7, 11) is 5.38. The van der Waals surface area contributed by atoms with Crippen LogP contribution in [0.15, 0.2) is 53.5 Å². The molecule has 7 heteroatoms. The first-order chi connectivity index (χ1) is 13.6. The summed E-state index contributed by atoms with van der Waals surface area (Å²) in [6.45, 7) is 3.52. The molecular formula is C21H30N4O3. The van der Waals surface area contributed by atoms with Gasteiger partial charge in [-0.15, -0.1) is 0 Å². The van der Waals surface area contributed by atoms with Crippen LogP contribution in [-0.4, -0.2) is 58.4 Å². The van der Waals surface area contributed by atoms with Crippen LogP contribution >= 0.6 is 0 Å². The molecule has 0 aliphatic carbocycles. The molecule has 0 unspecified atom stereocenters. The van der Waals surface area contributed by atoms with Crippen LogP contribution in [0.5, 0.6) is 11.5 Å². The maximum absolute atomic E-state index is 5.99. The maximum Gasteiger partial charge on any atom is 0.193 e. The highest BCUT2D eigenvalue weighted by atomic mass is 16.5. The van der Waals surface area contributed by atoms with Crippen molar-refractivity contribution in [3.63, 3.8) is 0 Å². The highest BCUT2D eigenvalue weighted by Gasteiger charge is 2.01. The van der Waals surface area contributed by atoms with Crippen LogP contribution in [0.4, 0.5) is 5.69 Å². The number of ether oxygens (including phenoxy) is 3. The number of guanidine groups is 1. The molecule has 7 nitrogen and oxygen atoms in total. The second-order valence-electron chi connectivity index (χ2n) is 6.35. The quantitative estimate of drug-likeness (QED) is 0.456. The van der Waals surface area contributed by atoms with Crippen LogP contribution in [0.1, 0.15) is 5.56 Å². The summed E-state index contributed by atoms with van der Waals surface area (Å²) in [6.07, 6.45) is 0. The summed E-state index contributed by atoms with van der Waals surface area (Å²) in [5.74, 6) is 1.93. The Morgan fingerprint density at radius 3 is 2.57 bits per heavy atom. The van der Waals surface area contributed by atoms with Gasteiger partial charge in [0.25, 0.3) is 0 Å². The Morgan fingerprint density at radius 2 is 1.79 bits per heavy atom. The Labute approximate surface area is 167 Å². The monoisotopic (exact) mass is 386 g/mol. The lowest BCUT2D eigenvalue weighted by molar-refractivity contribution is 0.150. The lowest BCUT2D eigenvalue weighted by Gasteiger charge is -2.16. The zero-order valence-corrected chi connectivity index (χ0v) is 16.9. The predicted molar refractivity (Wildman–Crippen MR) is 113 cm³/mol. The second kappa shape index (κ2) is 11.8. The third kappa shape index (κ3) is 7.85. The number of aliphatic imine (C=N–C) groups is 1. The van der Waals surface area contributed by atoms with Crippen molar-refractivity contribution in [2.24, 2.45) is 10.7 Å². The van der Waals surface area contributed by atoms with E-state index in [-0.39, 0.29) is 0 Å². The van der Waals surface area contributed by atoms with Crippen LogP contribution in [0.2, 0.25) is 0 Å². The molecule has 3 N–H and O–H groups in total. The molecule has 0 aromatic heterocycles. The van der Waals surface area contributed by atoms with Gasteiger partial charge in [-0.1, -0.05) is 18.2 Å². The number of anilines is 1. The van der Waals surface area contributed by atoms with Crippen molar-refractivity contribution in [2.75, 3.05) is 52.9 Å². The van der Waals surface area contributed by atoms with Crippen LogP contribution < -0.4 is 20.5 Å². The summed E-state index contributed by atoms with van der Waals surface area (Å²) < 4.78 is 16.1. The molecule has 0 saturated carbocycles. The van der Waals surface area contributed by atoms with E-state index in [1.165, 1.54) is 0 Å². The second-order valence-corrected chi connectivity index (χ2v) is 6.35. The van der Waals surface area contributed by atoms with Crippen molar-refractivity contribution >= 4 is 11.6 Å². The van der Waals surface area contributed by atoms with Crippen molar-refractivity contribution in [1.82, 2.24) is 4.90 Å². The average molecular weight is 386 g/mol. The molecule has 0 heterocycles. The van der Waals surface area contributed by atoms with Crippen molar-refractivity contribution in [3.05, 3.63) is 54.1 Å². The zero-order valence-electron chi connectivity index (χ0n) is 16.9. The van der Waals surface area contributed by atoms with Gasteiger partial charge in [0.05, 0.1) is 20.3 Å². The molecule has 28 heavy (non-hydrogen) atoms. The fourth-order valence-electron chi connectivity index (χ4n) is 2.48. The SMILES string of the molecule is COCCN(C)CCOc1cccc(CN=C(N)Nc2cccc(OC)c2)c1. The molecule has 0 bridgehead atoms. The molecule has 0 aliphatic heterocycles. The average Bonchev–Trinajstić information content (AvgIpc) is 2.71. The van der Waals surface area contributed by atoms with Crippen molar-refractivity contribution in [2.45, 2.75) is 6.54 Å². The molecule has 0 atom stereocenters. The van der Waals surface area contributed by atoms with Gasteiger partial charge in [0.15, 0.2) is 5.96 Å². The standard InChI is InChI=1S/C21H30N4O3/c1-25(10-12-26-2)11-13-28-20-9-4-6-17(14-20)16-23-21(22)24-18-7-5-8-19(15-18)27-3/h4-9,14-15H,10-13,16H2,1-3H3,(H3,22,23,24). The van der Waals surface area contributed by atoms with Gasteiger partial charge in [-0.3, -0.25) is 0 Å². The largest absolute Gasteiger partial charge is 0.497 e. The molecule has 0 amide bonds. The third-order valence-electron chi connectivity index (χ3n) is 4.09. The minimum absolute atomic E-state index is 0.347. The van der Waals surface area contributed by atoms with E-state index in [1.807, 2.05) is 55.6 Å². The van der Waals surface area contributed by atoms with E-state index in [1.54, 1.807) is 14.2 Å². The van der Waals surface area contributed by atoms with E-state index in [0.717, 1.165) is 42.4 Å². The molecule has 152 valence electrons. The van der Waals surface area contributed by atoms with Crippen molar-refractivity contribution in [1.29, 1.82) is 0 Å². The van der Waals surface area contributed by atoms with Crippen LogP contribution in [-0.2, 0) is 11.3 Å². The van der Waals surface area contributed by atoms with Crippen LogP contribution in [0.3, 0.4) is 0 Å². The third-order valence-corrected chi connectivity index (χ3v) is 4.09. The number of nitrogens with two attached hydrogens (primary N) is 1. The molecule has 2 aromatic carbocycles. The Morgan fingerprint density at radius 1 is 1.04 bits per heavy atom. The number of likely N-dealkylation sites (N-methyl/N-ethyl adjacent to an activating group) is 1. The van der Waals surface area contributed by atoms with Crippen molar-refractivity contribution in [3.8, 4) is 11.5 Å². The number of hydrogen-bond donors (Lipinski definition) is 2. The summed E-state index contributed by atoms with van der Waals surface area (Å²) in [6, 6.07) is 15.4. The molecule has 0 radical (unpaired) electrons. The van der Waals surface area contributed by atoms with E-state index in [4.69, 9.17) is 19.9 Å². The van der Waals surface area contributed by atoms with Gasteiger partial charge < -0.3 is 30.2 Å². The first-order valence-corrected chi connectivity index (χ1v) is 9.21. The molecule has 0 spiro atoms. The fraction of sp³-hybridized carbons (Fsp3) is 0.381. The number of benzene rings is 2. The summed E-state index contributed by atoms with van der Waals surface area (Å²) >= 11 is 0. The molecule has 0 aliphatic rings. The lowest BCUT2D eigenvalue weighted by atomic mass is 10.2. The highest BCUT2D eigenvalue weighted by molar-refractivity contribution is 5.92. The number of nitrogens with zero attached hydrogens (tertiary/aromatic N) is 2. The van der Waals surface area contributed by atoms with E-state index < -0.39 is 0 Å². The van der Waals surface area contributed by atoms with Gasteiger partial charge in [0.1, 0.15) is 18.1 Å². The van der Waals surface area contributed by atoms with Crippen LogP contribution in [0, 0.1) is 0 Å². The Balaban J connectivity index is 1.83.